The number of hydrogen-bond acceptors (Lipinski definition) is 3. The highest BCUT2D eigenvalue weighted by molar-refractivity contribution is 5.42. The van der Waals surface area contributed by atoms with E-state index in [0.29, 0.717) is 6.61 Å². The topological polar surface area (TPSA) is 49.7 Å². The summed E-state index contributed by atoms with van der Waals surface area (Å²) in [7, 11) is 0. The highest BCUT2D eigenvalue weighted by Crippen LogP contribution is 2.36. The van der Waals surface area contributed by atoms with E-state index in [1.54, 1.807) is 24.3 Å². The minimum atomic E-state index is -0.227. The Morgan fingerprint density at radius 1 is 0.818 bits per heavy atom. The summed E-state index contributed by atoms with van der Waals surface area (Å²) >= 11 is 0. The van der Waals surface area contributed by atoms with E-state index in [2.05, 4.69) is 13.8 Å². The van der Waals surface area contributed by atoms with Crippen molar-refractivity contribution < 1.29 is 14.9 Å². The number of rotatable bonds is 7. The Balaban J connectivity index is 2.30. The van der Waals surface area contributed by atoms with Gasteiger partial charge >= 0.3 is 0 Å². The van der Waals surface area contributed by atoms with Crippen LogP contribution in [-0.2, 0) is 10.2 Å². The van der Waals surface area contributed by atoms with Gasteiger partial charge in [-0.1, -0.05) is 38.1 Å². The van der Waals surface area contributed by atoms with Crippen molar-refractivity contribution in [2.45, 2.75) is 32.1 Å². The third-order valence-electron chi connectivity index (χ3n) is 4.10. The van der Waals surface area contributed by atoms with Crippen LogP contribution >= 0.6 is 0 Å². The molecule has 2 aromatic carbocycles. The molecule has 0 bridgehead atoms. The summed E-state index contributed by atoms with van der Waals surface area (Å²) in [5, 5.41) is 19.0. The summed E-state index contributed by atoms with van der Waals surface area (Å²) in [4.78, 5) is 0. The predicted octanol–water partition coefficient (Wildman–Crippen LogP) is 4.22. The van der Waals surface area contributed by atoms with Crippen LogP contribution in [0.25, 0.3) is 0 Å². The van der Waals surface area contributed by atoms with Crippen LogP contribution in [0.15, 0.2) is 48.5 Å². The molecule has 0 aliphatic carbocycles. The van der Waals surface area contributed by atoms with Gasteiger partial charge in [-0.25, -0.2) is 0 Å². The van der Waals surface area contributed by atoms with E-state index >= 15 is 0 Å². The van der Waals surface area contributed by atoms with Gasteiger partial charge in [-0.15, -0.1) is 0 Å². The Bertz CT molecular complexity index is 527. The average molecular weight is 300 g/mol. The van der Waals surface area contributed by atoms with Gasteiger partial charge in [0.05, 0.1) is 0 Å². The molecule has 0 aliphatic rings. The number of benzene rings is 2. The average Bonchev–Trinajstić information content (AvgIpc) is 2.52. The van der Waals surface area contributed by atoms with Crippen molar-refractivity contribution in [1.29, 1.82) is 0 Å². The highest BCUT2D eigenvalue weighted by Gasteiger charge is 2.28. The Hall–Kier alpha value is -2.00. The van der Waals surface area contributed by atoms with Crippen LogP contribution in [0.5, 0.6) is 11.5 Å². The van der Waals surface area contributed by atoms with Gasteiger partial charge < -0.3 is 14.9 Å². The van der Waals surface area contributed by atoms with Crippen molar-refractivity contribution in [3.05, 3.63) is 59.7 Å². The molecule has 0 heterocycles. The summed E-state index contributed by atoms with van der Waals surface area (Å²) in [5.74, 6) is 0.526. The number of hydrogen-bond donors (Lipinski definition) is 2. The molecule has 3 heteroatoms. The molecule has 0 radical (unpaired) electrons. The van der Waals surface area contributed by atoms with Crippen LogP contribution in [0, 0.1) is 0 Å². The number of aromatic hydroxyl groups is 2. The van der Waals surface area contributed by atoms with Gasteiger partial charge in [-0.3, -0.25) is 0 Å². The van der Waals surface area contributed by atoms with Crippen LogP contribution in [0.4, 0.5) is 0 Å². The van der Waals surface area contributed by atoms with Crippen LogP contribution < -0.4 is 0 Å². The lowest BCUT2D eigenvalue weighted by Gasteiger charge is -2.31. The van der Waals surface area contributed by atoms with Crippen molar-refractivity contribution in [3.8, 4) is 11.5 Å². The van der Waals surface area contributed by atoms with Crippen molar-refractivity contribution in [2.75, 3.05) is 13.2 Å². The fourth-order valence-corrected chi connectivity index (χ4v) is 2.64. The maximum Gasteiger partial charge on any atom is 0.115 e. The van der Waals surface area contributed by atoms with Crippen molar-refractivity contribution >= 4 is 0 Å². The van der Waals surface area contributed by atoms with E-state index in [1.165, 1.54) is 0 Å². The van der Waals surface area contributed by atoms with Gasteiger partial charge in [0.25, 0.3) is 0 Å². The van der Waals surface area contributed by atoms with Gasteiger partial charge in [0.1, 0.15) is 11.5 Å². The SMILES string of the molecule is CCCOCCC(C)(c1ccc(O)cc1)c1ccc(O)cc1. The van der Waals surface area contributed by atoms with E-state index in [0.717, 1.165) is 30.6 Å². The molecule has 0 unspecified atom stereocenters. The molecule has 0 saturated carbocycles. The Morgan fingerprint density at radius 2 is 1.27 bits per heavy atom. The van der Waals surface area contributed by atoms with Crippen molar-refractivity contribution in [1.82, 2.24) is 0 Å². The first-order chi connectivity index (χ1) is 10.6. The number of phenols is 2. The van der Waals surface area contributed by atoms with Crippen molar-refractivity contribution in [2.24, 2.45) is 0 Å². The fourth-order valence-electron chi connectivity index (χ4n) is 2.64. The van der Waals surface area contributed by atoms with Crippen LogP contribution in [-0.4, -0.2) is 23.4 Å². The second kappa shape index (κ2) is 7.32. The maximum absolute atomic E-state index is 9.52. The molecule has 0 spiro atoms. The van der Waals surface area contributed by atoms with Crippen LogP contribution in [0.1, 0.15) is 37.8 Å². The molecular weight excluding hydrogens is 276 g/mol. The smallest absolute Gasteiger partial charge is 0.115 e. The molecule has 3 nitrogen and oxygen atoms in total. The first-order valence-corrected chi connectivity index (χ1v) is 7.73. The quantitative estimate of drug-likeness (QED) is 0.753. The first-order valence-electron chi connectivity index (χ1n) is 7.73. The summed E-state index contributed by atoms with van der Waals surface area (Å²) < 4.78 is 5.67. The van der Waals surface area contributed by atoms with E-state index in [-0.39, 0.29) is 16.9 Å². The molecule has 0 amide bonds. The summed E-state index contributed by atoms with van der Waals surface area (Å²) in [6.45, 7) is 5.70. The highest BCUT2D eigenvalue weighted by atomic mass is 16.5. The summed E-state index contributed by atoms with van der Waals surface area (Å²) in [6.07, 6.45) is 1.84. The van der Waals surface area contributed by atoms with Crippen LogP contribution in [0.2, 0.25) is 0 Å². The monoisotopic (exact) mass is 300 g/mol. The molecule has 0 atom stereocenters. The van der Waals surface area contributed by atoms with Gasteiger partial charge in [-0.2, -0.15) is 0 Å². The van der Waals surface area contributed by atoms with Gasteiger partial charge in [-0.05, 0) is 48.2 Å². The second-order valence-electron chi connectivity index (χ2n) is 5.79. The molecule has 2 N–H and O–H groups in total. The number of phenolic OH excluding ortho intramolecular Hbond substituents is 2. The van der Waals surface area contributed by atoms with Gasteiger partial charge in [0.2, 0.25) is 0 Å². The Labute approximate surface area is 132 Å². The molecule has 0 fully saturated rings. The fraction of sp³-hybridized carbons (Fsp3) is 0.368. The van der Waals surface area contributed by atoms with E-state index < -0.39 is 0 Å². The third-order valence-corrected chi connectivity index (χ3v) is 4.10. The zero-order chi connectivity index (χ0) is 16.0. The Kier molecular flexibility index (Phi) is 5.45. The minimum Gasteiger partial charge on any atom is -0.508 e. The van der Waals surface area contributed by atoms with E-state index in [1.807, 2.05) is 24.3 Å². The normalized spacial score (nSPS) is 11.5. The molecule has 0 aromatic heterocycles. The number of ether oxygens (including phenoxy) is 1. The zero-order valence-corrected chi connectivity index (χ0v) is 13.2. The van der Waals surface area contributed by atoms with E-state index in [9.17, 15) is 10.2 Å². The third kappa shape index (κ3) is 3.80. The molecule has 118 valence electrons. The lowest BCUT2D eigenvalue weighted by atomic mass is 9.74. The van der Waals surface area contributed by atoms with Gasteiger partial charge in [0, 0.05) is 18.6 Å². The van der Waals surface area contributed by atoms with Gasteiger partial charge in [0.15, 0.2) is 0 Å². The lowest BCUT2D eigenvalue weighted by molar-refractivity contribution is 0.121. The van der Waals surface area contributed by atoms with E-state index in [4.69, 9.17) is 4.74 Å². The molecule has 0 saturated heterocycles. The summed E-state index contributed by atoms with van der Waals surface area (Å²) in [5.41, 5.74) is 2.02. The second-order valence-corrected chi connectivity index (χ2v) is 5.79. The maximum atomic E-state index is 9.52. The standard InChI is InChI=1S/C19H24O3/c1-3-13-22-14-12-19(2,15-4-8-17(20)9-5-15)16-6-10-18(21)11-7-16/h4-11,20-21H,3,12-14H2,1-2H3. The molecular formula is C19H24O3. The minimum absolute atomic E-state index is 0.227. The first kappa shape index (κ1) is 16.4. The summed E-state index contributed by atoms with van der Waals surface area (Å²) in [6, 6.07) is 14.6. The molecule has 0 aliphatic heterocycles. The molecule has 2 aromatic rings. The predicted molar refractivity (Wildman–Crippen MR) is 88.4 cm³/mol. The zero-order valence-electron chi connectivity index (χ0n) is 13.2. The molecule has 2 rings (SSSR count). The van der Waals surface area contributed by atoms with Crippen molar-refractivity contribution in [3.63, 3.8) is 0 Å². The lowest BCUT2D eigenvalue weighted by Crippen LogP contribution is -2.25. The molecule has 22 heavy (non-hydrogen) atoms. The largest absolute Gasteiger partial charge is 0.508 e. The Morgan fingerprint density at radius 3 is 1.68 bits per heavy atom. The van der Waals surface area contributed by atoms with Crippen LogP contribution in [0.3, 0.4) is 0 Å².